The number of benzene rings is 3. The Labute approximate surface area is 172 Å². The number of ether oxygens (including phenoxy) is 3. The molecule has 0 heterocycles. The third kappa shape index (κ3) is 5.04. The molecule has 0 atom stereocenters. The molecule has 0 spiro atoms. The lowest BCUT2D eigenvalue weighted by Gasteiger charge is -2.13. The molecule has 0 aliphatic rings. The second kappa shape index (κ2) is 9.28. The molecule has 6 heteroatoms. The molecule has 5 nitrogen and oxygen atoms in total. The summed E-state index contributed by atoms with van der Waals surface area (Å²) in [6.07, 6.45) is 0. The predicted molar refractivity (Wildman–Crippen MR) is 112 cm³/mol. The Morgan fingerprint density at radius 2 is 1.68 bits per heavy atom. The van der Waals surface area contributed by atoms with Crippen molar-refractivity contribution in [1.82, 2.24) is 0 Å². The van der Waals surface area contributed by atoms with Gasteiger partial charge in [-0.2, -0.15) is 0 Å². The van der Waals surface area contributed by atoms with Gasteiger partial charge in [-0.3, -0.25) is 4.79 Å². The van der Waals surface area contributed by atoms with Crippen LogP contribution in [0.1, 0.15) is 15.9 Å². The number of methoxy groups -OCH3 is 2. The molecule has 0 aliphatic heterocycles. The van der Waals surface area contributed by atoms with E-state index in [-0.39, 0.29) is 12.5 Å². The summed E-state index contributed by atoms with van der Waals surface area (Å²) in [5.41, 5.74) is 2.01. The Hall–Kier alpha value is -2.99. The molecule has 0 fully saturated rings. The van der Waals surface area contributed by atoms with E-state index in [9.17, 15) is 4.79 Å². The maximum absolute atomic E-state index is 12.6. The zero-order valence-electron chi connectivity index (χ0n) is 15.6. The molecule has 0 bridgehead atoms. The lowest BCUT2D eigenvalue weighted by molar-refractivity contribution is 0.102. The van der Waals surface area contributed by atoms with Crippen molar-refractivity contribution in [3.8, 4) is 17.2 Å². The first-order chi connectivity index (χ1) is 13.6. The van der Waals surface area contributed by atoms with E-state index < -0.39 is 0 Å². The summed E-state index contributed by atoms with van der Waals surface area (Å²) in [5.74, 6) is 1.92. The van der Waals surface area contributed by atoms with Crippen LogP contribution in [0.3, 0.4) is 0 Å². The van der Waals surface area contributed by atoms with E-state index in [0.29, 0.717) is 22.7 Å². The number of anilines is 1. The number of amides is 1. The van der Waals surface area contributed by atoms with Gasteiger partial charge < -0.3 is 19.5 Å². The van der Waals surface area contributed by atoms with Crippen molar-refractivity contribution < 1.29 is 19.0 Å². The fraction of sp³-hybridized carbons (Fsp3) is 0.136. The van der Waals surface area contributed by atoms with Crippen molar-refractivity contribution in [1.29, 1.82) is 0 Å². The minimum absolute atomic E-state index is 0.202. The Kier molecular flexibility index (Phi) is 6.55. The largest absolute Gasteiger partial charge is 0.497 e. The van der Waals surface area contributed by atoms with Crippen LogP contribution in [0.2, 0.25) is 0 Å². The lowest BCUT2D eigenvalue weighted by atomic mass is 10.1. The molecule has 1 N–H and O–H groups in total. The summed E-state index contributed by atoms with van der Waals surface area (Å²) in [4.78, 5) is 12.6. The van der Waals surface area contributed by atoms with Gasteiger partial charge >= 0.3 is 0 Å². The molecule has 144 valence electrons. The summed E-state index contributed by atoms with van der Waals surface area (Å²) in [6, 6.07) is 20.0. The summed E-state index contributed by atoms with van der Waals surface area (Å²) in [6.45, 7) is 0.271. The van der Waals surface area contributed by atoms with Crippen LogP contribution < -0.4 is 19.5 Å². The van der Waals surface area contributed by atoms with Crippen LogP contribution in [0.4, 0.5) is 5.69 Å². The van der Waals surface area contributed by atoms with Crippen molar-refractivity contribution in [2.45, 2.75) is 6.61 Å². The molecule has 0 aromatic heterocycles. The highest BCUT2D eigenvalue weighted by Gasteiger charge is 2.12. The van der Waals surface area contributed by atoms with Gasteiger partial charge in [0.05, 0.1) is 14.2 Å². The number of hydrogen-bond acceptors (Lipinski definition) is 4. The summed E-state index contributed by atoms with van der Waals surface area (Å²) in [5, 5.41) is 2.89. The molecule has 0 saturated carbocycles. The maximum atomic E-state index is 12.6. The van der Waals surface area contributed by atoms with Gasteiger partial charge in [0, 0.05) is 21.3 Å². The van der Waals surface area contributed by atoms with Gasteiger partial charge in [-0.15, -0.1) is 0 Å². The third-order valence-electron chi connectivity index (χ3n) is 4.08. The van der Waals surface area contributed by atoms with E-state index in [4.69, 9.17) is 14.2 Å². The number of nitrogens with one attached hydrogen (secondary N) is 1. The first-order valence-electron chi connectivity index (χ1n) is 8.59. The average molecular weight is 442 g/mol. The highest BCUT2D eigenvalue weighted by atomic mass is 79.9. The van der Waals surface area contributed by atoms with E-state index in [2.05, 4.69) is 21.2 Å². The zero-order chi connectivity index (χ0) is 19.9. The third-order valence-corrected chi connectivity index (χ3v) is 4.57. The smallest absolute Gasteiger partial charge is 0.255 e. The van der Waals surface area contributed by atoms with Crippen LogP contribution in [0.15, 0.2) is 71.2 Å². The lowest BCUT2D eigenvalue weighted by Crippen LogP contribution is -2.12. The second-order valence-electron chi connectivity index (χ2n) is 5.96. The van der Waals surface area contributed by atoms with Gasteiger partial charge in [0.1, 0.15) is 23.9 Å². The van der Waals surface area contributed by atoms with E-state index in [1.165, 1.54) is 0 Å². The normalized spacial score (nSPS) is 10.2. The highest BCUT2D eigenvalue weighted by Crippen LogP contribution is 2.24. The molecule has 0 saturated heterocycles. The standard InChI is InChI=1S/C22H20BrNO4/c1-26-19-7-9-20(10-8-19)28-14-16-12-15(6-11-21(16)27-2)22(25)24-18-5-3-4-17(23)13-18/h3-13H,14H2,1-2H3,(H,24,25). The minimum Gasteiger partial charge on any atom is -0.497 e. The minimum atomic E-state index is -0.202. The fourth-order valence-corrected chi connectivity index (χ4v) is 3.03. The Bertz CT molecular complexity index is 957. The number of carbonyl (C=O) groups is 1. The van der Waals surface area contributed by atoms with Gasteiger partial charge in [0.15, 0.2) is 0 Å². The molecule has 0 unspecified atom stereocenters. The molecule has 3 rings (SSSR count). The quantitative estimate of drug-likeness (QED) is 0.540. The Morgan fingerprint density at radius 3 is 2.36 bits per heavy atom. The van der Waals surface area contributed by atoms with Crippen LogP contribution >= 0.6 is 15.9 Å². The number of hydrogen-bond donors (Lipinski definition) is 1. The van der Waals surface area contributed by atoms with E-state index in [1.54, 1.807) is 32.4 Å². The number of carbonyl (C=O) groups excluding carboxylic acids is 1. The monoisotopic (exact) mass is 441 g/mol. The molecular formula is C22H20BrNO4. The van der Waals surface area contributed by atoms with Gasteiger partial charge in [-0.25, -0.2) is 0 Å². The molecule has 0 radical (unpaired) electrons. The summed E-state index contributed by atoms with van der Waals surface area (Å²) in [7, 11) is 3.21. The predicted octanol–water partition coefficient (Wildman–Crippen LogP) is 5.30. The zero-order valence-corrected chi connectivity index (χ0v) is 17.2. The van der Waals surface area contributed by atoms with Crippen molar-refractivity contribution in [3.05, 3.63) is 82.3 Å². The highest BCUT2D eigenvalue weighted by molar-refractivity contribution is 9.10. The van der Waals surface area contributed by atoms with Gasteiger partial charge in [0.2, 0.25) is 0 Å². The van der Waals surface area contributed by atoms with Crippen molar-refractivity contribution >= 4 is 27.5 Å². The van der Waals surface area contributed by atoms with E-state index in [1.807, 2.05) is 48.5 Å². The number of halogens is 1. The topological polar surface area (TPSA) is 56.8 Å². The molecule has 3 aromatic carbocycles. The van der Waals surface area contributed by atoms with Crippen LogP contribution in [-0.4, -0.2) is 20.1 Å². The van der Waals surface area contributed by atoms with Crippen LogP contribution in [-0.2, 0) is 6.61 Å². The molecule has 1 amide bonds. The first kappa shape index (κ1) is 19.8. The molecule has 0 aliphatic carbocycles. The maximum Gasteiger partial charge on any atom is 0.255 e. The van der Waals surface area contributed by atoms with E-state index in [0.717, 1.165) is 15.8 Å². The van der Waals surface area contributed by atoms with Gasteiger partial charge in [-0.1, -0.05) is 22.0 Å². The van der Waals surface area contributed by atoms with Crippen LogP contribution in [0, 0.1) is 0 Å². The van der Waals surface area contributed by atoms with Crippen molar-refractivity contribution in [2.75, 3.05) is 19.5 Å². The molecule has 28 heavy (non-hydrogen) atoms. The SMILES string of the molecule is COc1ccc(OCc2cc(C(=O)Nc3cccc(Br)c3)ccc2OC)cc1. The average Bonchev–Trinajstić information content (AvgIpc) is 2.72. The summed E-state index contributed by atoms with van der Waals surface area (Å²) < 4.78 is 17.3. The fourth-order valence-electron chi connectivity index (χ4n) is 2.64. The van der Waals surface area contributed by atoms with Gasteiger partial charge in [-0.05, 0) is 60.7 Å². The van der Waals surface area contributed by atoms with Crippen molar-refractivity contribution in [2.24, 2.45) is 0 Å². The van der Waals surface area contributed by atoms with Crippen LogP contribution in [0.5, 0.6) is 17.2 Å². The Morgan fingerprint density at radius 1 is 0.929 bits per heavy atom. The number of rotatable bonds is 7. The summed E-state index contributed by atoms with van der Waals surface area (Å²) >= 11 is 3.40. The second-order valence-corrected chi connectivity index (χ2v) is 6.87. The first-order valence-corrected chi connectivity index (χ1v) is 9.39. The Balaban J connectivity index is 1.74. The van der Waals surface area contributed by atoms with Crippen molar-refractivity contribution in [3.63, 3.8) is 0 Å². The molecule has 3 aromatic rings. The van der Waals surface area contributed by atoms with Gasteiger partial charge in [0.25, 0.3) is 5.91 Å². The van der Waals surface area contributed by atoms with Crippen LogP contribution in [0.25, 0.3) is 0 Å². The van der Waals surface area contributed by atoms with E-state index >= 15 is 0 Å². The molecular weight excluding hydrogens is 422 g/mol.